The van der Waals surface area contributed by atoms with Gasteiger partial charge >= 0.3 is 0 Å². The molecule has 0 amide bonds. The van der Waals surface area contributed by atoms with Crippen LogP contribution in [0.4, 0.5) is 0 Å². The molecule has 0 unspecified atom stereocenters. The first-order valence-electron chi connectivity index (χ1n) is 3.86. The van der Waals surface area contributed by atoms with Gasteiger partial charge in [-0.3, -0.25) is 0 Å². The number of rotatable bonds is 2. The molecule has 0 N–H and O–H groups in total. The lowest BCUT2D eigenvalue weighted by Crippen LogP contribution is -2.23. The molecule has 0 spiro atoms. The summed E-state index contributed by atoms with van der Waals surface area (Å²) in [5, 5.41) is 19.6. The van der Waals surface area contributed by atoms with Crippen LogP contribution in [-0.4, -0.2) is 16.5 Å². The molecular weight excluding hydrogens is 218 g/mol. The van der Waals surface area contributed by atoms with Crippen molar-refractivity contribution in [1.29, 1.82) is 0 Å². The van der Waals surface area contributed by atoms with Gasteiger partial charge in [0.2, 0.25) is 0 Å². The van der Waals surface area contributed by atoms with Crippen LogP contribution < -0.4 is 4.73 Å². The topological polar surface area (TPSA) is 52.7 Å². The summed E-state index contributed by atoms with van der Waals surface area (Å²) < 4.78 is 1.68. The maximum Gasteiger partial charge on any atom is 0.181 e. The van der Waals surface area contributed by atoms with Crippen molar-refractivity contribution in [2.45, 2.75) is 4.34 Å². The van der Waals surface area contributed by atoms with Gasteiger partial charge in [-0.1, -0.05) is 23.1 Å². The van der Waals surface area contributed by atoms with Crippen LogP contribution in [0, 0.1) is 5.21 Å². The van der Waals surface area contributed by atoms with Gasteiger partial charge in [-0.15, -0.1) is 10.2 Å². The van der Waals surface area contributed by atoms with Gasteiger partial charge in [-0.05, 0) is 6.26 Å². The first kappa shape index (κ1) is 9.42. The average molecular weight is 225 g/mol. The zero-order valence-corrected chi connectivity index (χ0v) is 9.01. The number of thioether (sulfide) groups is 1. The standard InChI is InChI=1S/C8H7N3OS2/c1-13-8-10-9-7(14-8)6-2-4-11(12)5-3-6/h2-5H,1H3. The Morgan fingerprint density at radius 1 is 1.36 bits per heavy atom. The van der Waals surface area contributed by atoms with E-state index in [4.69, 9.17) is 0 Å². The van der Waals surface area contributed by atoms with Gasteiger partial charge < -0.3 is 5.21 Å². The quantitative estimate of drug-likeness (QED) is 0.442. The molecule has 0 saturated heterocycles. The van der Waals surface area contributed by atoms with E-state index in [-0.39, 0.29) is 0 Å². The van der Waals surface area contributed by atoms with Crippen molar-refractivity contribution >= 4 is 23.1 Å². The van der Waals surface area contributed by atoms with Crippen LogP contribution in [-0.2, 0) is 0 Å². The monoisotopic (exact) mass is 225 g/mol. The van der Waals surface area contributed by atoms with E-state index >= 15 is 0 Å². The third-order valence-electron chi connectivity index (χ3n) is 1.63. The van der Waals surface area contributed by atoms with Crippen LogP contribution in [0.1, 0.15) is 0 Å². The first-order valence-corrected chi connectivity index (χ1v) is 5.90. The molecule has 0 aromatic carbocycles. The number of hydrogen-bond acceptors (Lipinski definition) is 5. The molecule has 2 rings (SSSR count). The summed E-state index contributed by atoms with van der Waals surface area (Å²) in [5.74, 6) is 0. The Morgan fingerprint density at radius 2 is 2.07 bits per heavy atom. The largest absolute Gasteiger partial charge is 0.619 e. The van der Waals surface area contributed by atoms with E-state index in [9.17, 15) is 5.21 Å². The molecule has 0 atom stereocenters. The normalized spacial score (nSPS) is 10.4. The Labute approximate surface area is 89.2 Å². The van der Waals surface area contributed by atoms with Crippen molar-refractivity contribution < 1.29 is 4.73 Å². The Kier molecular flexibility index (Phi) is 2.64. The second-order valence-corrected chi connectivity index (χ2v) is 4.55. The number of aromatic nitrogens is 3. The van der Waals surface area contributed by atoms with Gasteiger partial charge in [0.25, 0.3) is 0 Å². The second-order valence-electron chi connectivity index (χ2n) is 2.52. The Balaban J connectivity index is 2.34. The molecule has 0 aliphatic carbocycles. The summed E-state index contributed by atoms with van der Waals surface area (Å²) in [6.07, 6.45) is 4.87. The Morgan fingerprint density at radius 3 is 2.64 bits per heavy atom. The minimum absolute atomic E-state index is 0.750. The van der Waals surface area contributed by atoms with Crippen molar-refractivity contribution in [2.24, 2.45) is 0 Å². The molecule has 4 nitrogen and oxygen atoms in total. The lowest BCUT2D eigenvalue weighted by Gasteiger charge is -1.95. The molecule has 2 heterocycles. The highest BCUT2D eigenvalue weighted by Crippen LogP contribution is 2.26. The minimum atomic E-state index is 0.750. The maximum absolute atomic E-state index is 10.8. The van der Waals surface area contributed by atoms with Gasteiger partial charge in [0.1, 0.15) is 5.01 Å². The Hall–Kier alpha value is -1.14. The molecule has 2 aromatic heterocycles. The number of hydrogen-bond donors (Lipinski definition) is 0. The van der Waals surface area contributed by atoms with Gasteiger partial charge in [0.05, 0.1) is 0 Å². The zero-order chi connectivity index (χ0) is 9.97. The fourth-order valence-corrected chi connectivity index (χ4v) is 2.24. The van der Waals surface area contributed by atoms with Crippen molar-refractivity contribution in [1.82, 2.24) is 10.2 Å². The highest BCUT2D eigenvalue weighted by atomic mass is 32.2. The van der Waals surface area contributed by atoms with Crippen LogP contribution in [0.2, 0.25) is 0 Å². The molecule has 0 radical (unpaired) electrons. The first-order chi connectivity index (χ1) is 6.79. The molecule has 6 heteroatoms. The van der Waals surface area contributed by atoms with E-state index in [0.29, 0.717) is 0 Å². The minimum Gasteiger partial charge on any atom is -0.619 e. The number of pyridine rings is 1. The third kappa shape index (κ3) is 1.85. The second kappa shape index (κ2) is 3.93. The maximum atomic E-state index is 10.8. The summed E-state index contributed by atoms with van der Waals surface area (Å²) in [6, 6.07) is 3.47. The molecule has 0 bridgehead atoms. The van der Waals surface area contributed by atoms with Gasteiger partial charge in [-0.25, -0.2) is 0 Å². The zero-order valence-electron chi connectivity index (χ0n) is 7.38. The van der Waals surface area contributed by atoms with Crippen LogP contribution in [0.5, 0.6) is 0 Å². The van der Waals surface area contributed by atoms with Crippen LogP contribution in [0.3, 0.4) is 0 Å². The van der Waals surface area contributed by atoms with E-state index in [2.05, 4.69) is 10.2 Å². The Bertz CT molecular complexity index is 426. The lowest BCUT2D eigenvalue weighted by atomic mass is 10.3. The SMILES string of the molecule is CSc1nnc(-c2cc[n+]([O-])cc2)s1. The fraction of sp³-hybridized carbons (Fsp3) is 0.125. The van der Waals surface area contributed by atoms with Gasteiger partial charge in [0.15, 0.2) is 16.7 Å². The van der Waals surface area contributed by atoms with E-state index < -0.39 is 0 Å². The predicted octanol–water partition coefficient (Wildman–Crippen LogP) is 1.56. The molecule has 14 heavy (non-hydrogen) atoms. The number of nitrogens with zero attached hydrogens (tertiary/aromatic N) is 3. The third-order valence-corrected chi connectivity index (χ3v) is 3.58. The summed E-state index contributed by atoms with van der Waals surface area (Å²) in [7, 11) is 0. The van der Waals surface area contributed by atoms with E-state index in [1.165, 1.54) is 23.7 Å². The van der Waals surface area contributed by atoms with Gasteiger partial charge in [-0.2, -0.15) is 4.73 Å². The average Bonchev–Trinajstić information content (AvgIpc) is 2.67. The van der Waals surface area contributed by atoms with Crippen LogP contribution in [0.25, 0.3) is 10.6 Å². The molecule has 0 aliphatic heterocycles. The summed E-state index contributed by atoms with van der Waals surface area (Å²) in [5.41, 5.74) is 0.926. The van der Waals surface area contributed by atoms with E-state index in [0.717, 1.165) is 19.6 Å². The molecule has 2 aromatic rings. The molecular formula is C8H7N3OS2. The molecule has 72 valence electrons. The van der Waals surface area contributed by atoms with E-state index in [1.54, 1.807) is 23.9 Å². The van der Waals surface area contributed by atoms with Crippen molar-refractivity contribution in [3.05, 3.63) is 29.7 Å². The van der Waals surface area contributed by atoms with Crippen LogP contribution >= 0.6 is 23.1 Å². The summed E-state index contributed by atoms with van der Waals surface area (Å²) >= 11 is 3.09. The van der Waals surface area contributed by atoms with Crippen LogP contribution in [0.15, 0.2) is 28.9 Å². The summed E-state index contributed by atoms with van der Waals surface area (Å²) in [6.45, 7) is 0. The van der Waals surface area contributed by atoms with Crippen molar-refractivity contribution in [3.63, 3.8) is 0 Å². The fourth-order valence-electron chi connectivity index (χ4n) is 0.964. The van der Waals surface area contributed by atoms with Crippen molar-refractivity contribution in [3.8, 4) is 10.6 Å². The smallest absolute Gasteiger partial charge is 0.181 e. The molecule has 0 aliphatic rings. The predicted molar refractivity (Wildman–Crippen MR) is 56.1 cm³/mol. The molecule has 0 saturated carbocycles. The van der Waals surface area contributed by atoms with E-state index in [1.807, 2.05) is 6.26 Å². The molecule has 0 fully saturated rings. The lowest BCUT2D eigenvalue weighted by molar-refractivity contribution is -0.605. The van der Waals surface area contributed by atoms with Gasteiger partial charge in [0, 0.05) is 17.7 Å². The highest BCUT2D eigenvalue weighted by molar-refractivity contribution is 8.00. The summed E-state index contributed by atoms with van der Waals surface area (Å²) in [4.78, 5) is 0. The van der Waals surface area contributed by atoms with Crippen molar-refractivity contribution in [2.75, 3.05) is 6.26 Å². The highest BCUT2D eigenvalue weighted by Gasteiger charge is 2.06.